The van der Waals surface area contributed by atoms with Crippen molar-refractivity contribution in [2.24, 2.45) is 0 Å². The Kier molecular flexibility index (Phi) is 6.94. The maximum atomic E-state index is 5.96. The normalized spacial score (nSPS) is 11.2. The summed E-state index contributed by atoms with van der Waals surface area (Å²) in [6.07, 6.45) is 5.06. The van der Waals surface area contributed by atoms with E-state index < -0.39 is 0 Å². The lowest BCUT2D eigenvalue weighted by molar-refractivity contribution is 0.308. The largest absolute Gasteiger partial charge is 0.493 e. The molecule has 21 heavy (non-hydrogen) atoms. The summed E-state index contributed by atoms with van der Waals surface area (Å²) < 4.78 is 5.96. The average Bonchev–Trinajstić information content (AvgIpc) is 2.50. The molecular weight excluding hydrogens is 276 g/mol. The van der Waals surface area contributed by atoms with Gasteiger partial charge in [-0.15, -0.1) is 0 Å². The van der Waals surface area contributed by atoms with Crippen molar-refractivity contribution in [3.8, 4) is 5.75 Å². The fraction of sp³-hybridized carbons (Fsp3) is 0.474. The molecule has 0 fully saturated rings. The van der Waals surface area contributed by atoms with Crippen molar-refractivity contribution in [3.63, 3.8) is 0 Å². The first-order chi connectivity index (χ1) is 10.3. The van der Waals surface area contributed by atoms with E-state index in [0.29, 0.717) is 0 Å². The van der Waals surface area contributed by atoms with E-state index >= 15 is 0 Å². The summed E-state index contributed by atoms with van der Waals surface area (Å²) in [6.45, 7) is 5.36. The number of fused-ring (bicyclic) bond motifs is 1. The van der Waals surface area contributed by atoms with Gasteiger partial charge in [-0.05, 0) is 35.3 Å². The lowest BCUT2D eigenvalue weighted by Gasteiger charge is -2.09. The summed E-state index contributed by atoms with van der Waals surface area (Å²) in [4.78, 5) is 0. The topological polar surface area (TPSA) is 9.23 Å². The molecule has 0 amide bonds. The number of benzene rings is 2. The van der Waals surface area contributed by atoms with Crippen LogP contribution in [0.1, 0.15) is 39.5 Å². The first kappa shape index (κ1) is 16.2. The highest BCUT2D eigenvalue weighted by atomic mass is 32.2. The third-order valence-electron chi connectivity index (χ3n) is 3.50. The lowest BCUT2D eigenvalue weighted by atomic mass is 10.1. The Balaban J connectivity index is 1.66. The monoisotopic (exact) mass is 302 g/mol. The zero-order valence-electron chi connectivity index (χ0n) is 13.2. The van der Waals surface area contributed by atoms with E-state index in [-0.39, 0.29) is 0 Å². The fourth-order valence-electron chi connectivity index (χ4n) is 2.38. The van der Waals surface area contributed by atoms with Crippen LogP contribution in [-0.2, 0) is 0 Å². The van der Waals surface area contributed by atoms with Gasteiger partial charge in [-0.25, -0.2) is 0 Å². The molecule has 0 bridgehead atoms. The molecule has 0 radical (unpaired) electrons. The summed E-state index contributed by atoms with van der Waals surface area (Å²) in [7, 11) is 0. The maximum Gasteiger partial charge on any atom is 0.127 e. The molecule has 2 aromatic carbocycles. The van der Waals surface area contributed by atoms with Gasteiger partial charge in [0.15, 0.2) is 0 Å². The summed E-state index contributed by atoms with van der Waals surface area (Å²) >= 11 is 2.06. The standard InChI is InChI=1S/C19H26OS/c1-16(2)21-15-8-4-3-7-14-20-19-13-9-11-17-10-5-6-12-18(17)19/h5-6,9-13,16H,3-4,7-8,14-15H2,1-2H3. The van der Waals surface area contributed by atoms with Crippen LogP contribution in [0.2, 0.25) is 0 Å². The first-order valence-electron chi connectivity index (χ1n) is 7.99. The Bertz CT molecular complexity index is 531. The van der Waals surface area contributed by atoms with Crippen molar-refractivity contribution >= 4 is 22.5 Å². The Morgan fingerprint density at radius 3 is 2.52 bits per heavy atom. The van der Waals surface area contributed by atoms with E-state index in [0.717, 1.165) is 24.0 Å². The van der Waals surface area contributed by atoms with Gasteiger partial charge < -0.3 is 4.74 Å². The van der Waals surface area contributed by atoms with Crippen LogP contribution >= 0.6 is 11.8 Å². The van der Waals surface area contributed by atoms with Gasteiger partial charge in [-0.1, -0.05) is 63.1 Å². The van der Waals surface area contributed by atoms with E-state index in [2.05, 4.69) is 68.1 Å². The number of thioether (sulfide) groups is 1. The van der Waals surface area contributed by atoms with Crippen LogP contribution in [-0.4, -0.2) is 17.6 Å². The van der Waals surface area contributed by atoms with Crippen LogP contribution in [0.3, 0.4) is 0 Å². The van der Waals surface area contributed by atoms with Gasteiger partial charge >= 0.3 is 0 Å². The number of ether oxygens (including phenoxy) is 1. The van der Waals surface area contributed by atoms with Crippen LogP contribution < -0.4 is 4.74 Å². The van der Waals surface area contributed by atoms with E-state index in [1.165, 1.54) is 35.8 Å². The minimum Gasteiger partial charge on any atom is -0.493 e. The molecule has 0 aliphatic carbocycles. The summed E-state index contributed by atoms with van der Waals surface area (Å²) in [6, 6.07) is 14.7. The molecule has 0 N–H and O–H groups in total. The van der Waals surface area contributed by atoms with Crippen LogP contribution in [0.15, 0.2) is 42.5 Å². The molecule has 0 heterocycles. The van der Waals surface area contributed by atoms with Gasteiger partial charge in [0.1, 0.15) is 5.75 Å². The van der Waals surface area contributed by atoms with E-state index in [1.54, 1.807) is 0 Å². The van der Waals surface area contributed by atoms with Gasteiger partial charge in [0.25, 0.3) is 0 Å². The number of hydrogen-bond donors (Lipinski definition) is 0. The summed E-state index contributed by atoms with van der Waals surface area (Å²) in [5.41, 5.74) is 0. The van der Waals surface area contributed by atoms with Crippen molar-refractivity contribution in [1.82, 2.24) is 0 Å². The molecule has 0 aliphatic heterocycles. The van der Waals surface area contributed by atoms with E-state index in [4.69, 9.17) is 4.74 Å². The van der Waals surface area contributed by atoms with Gasteiger partial charge in [-0.3, -0.25) is 0 Å². The van der Waals surface area contributed by atoms with Crippen molar-refractivity contribution in [3.05, 3.63) is 42.5 Å². The number of rotatable bonds is 9. The number of unbranched alkanes of at least 4 members (excludes halogenated alkanes) is 3. The molecule has 0 unspecified atom stereocenters. The van der Waals surface area contributed by atoms with Gasteiger partial charge in [0, 0.05) is 5.39 Å². The maximum absolute atomic E-state index is 5.96. The molecule has 1 nitrogen and oxygen atoms in total. The summed E-state index contributed by atoms with van der Waals surface area (Å²) in [5.74, 6) is 2.31. The molecule has 2 aromatic rings. The van der Waals surface area contributed by atoms with Crippen molar-refractivity contribution in [2.75, 3.05) is 12.4 Å². The Labute approximate surface area is 133 Å². The molecule has 2 rings (SSSR count). The highest BCUT2D eigenvalue weighted by Crippen LogP contribution is 2.25. The van der Waals surface area contributed by atoms with Crippen molar-refractivity contribution < 1.29 is 4.74 Å². The Morgan fingerprint density at radius 2 is 1.67 bits per heavy atom. The van der Waals surface area contributed by atoms with Crippen LogP contribution in [0.25, 0.3) is 10.8 Å². The highest BCUT2D eigenvalue weighted by Gasteiger charge is 2.01. The van der Waals surface area contributed by atoms with Gasteiger partial charge in [0.05, 0.1) is 6.61 Å². The Morgan fingerprint density at radius 1 is 0.905 bits per heavy atom. The zero-order chi connectivity index (χ0) is 14.9. The molecule has 114 valence electrons. The predicted molar refractivity (Wildman–Crippen MR) is 95.5 cm³/mol. The van der Waals surface area contributed by atoms with Gasteiger partial charge in [-0.2, -0.15) is 11.8 Å². The van der Waals surface area contributed by atoms with Crippen LogP contribution in [0, 0.1) is 0 Å². The average molecular weight is 302 g/mol. The second-order valence-corrected chi connectivity index (χ2v) is 7.34. The minimum absolute atomic E-state index is 0.764. The molecule has 0 spiro atoms. The number of hydrogen-bond acceptors (Lipinski definition) is 2. The predicted octanol–water partition coefficient (Wildman–Crippen LogP) is 5.92. The molecule has 2 heteroatoms. The molecular formula is C19H26OS. The third kappa shape index (κ3) is 5.62. The fourth-order valence-corrected chi connectivity index (χ4v) is 3.22. The van der Waals surface area contributed by atoms with E-state index in [1.807, 2.05) is 0 Å². The molecule has 0 aliphatic rings. The molecule has 0 saturated heterocycles. The van der Waals surface area contributed by atoms with Gasteiger partial charge in [0.2, 0.25) is 0 Å². The molecule has 0 atom stereocenters. The lowest BCUT2D eigenvalue weighted by Crippen LogP contribution is -1.98. The quantitative estimate of drug-likeness (QED) is 0.532. The summed E-state index contributed by atoms with van der Waals surface area (Å²) in [5, 5.41) is 3.23. The first-order valence-corrected chi connectivity index (χ1v) is 9.04. The van der Waals surface area contributed by atoms with E-state index in [9.17, 15) is 0 Å². The highest BCUT2D eigenvalue weighted by molar-refractivity contribution is 7.99. The van der Waals surface area contributed by atoms with Crippen molar-refractivity contribution in [2.45, 2.75) is 44.8 Å². The smallest absolute Gasteiger partial charge is 0.127 e. The Hall–Kier alpha value is -1.15. The second kappa shape index (κ2) is 8.99. The van der Waals surface area contributed by atoms with Crippen LogP contribution in [0.4, 0.5) is 0 Å². The van der Waals surface area contributed by atoms with Crippen LogP contribution in [0.5, 0.6) is 5.75 Å². The third-order valence-corrected chi connectivity index (χ3v) is 4.69. The molecule has 0 aromatic heterocycles. The van der Waals surface area contributed by atoms with Crippen molar-refractivity contribution in [1.29, 1.82) is 0 Å². The zero-order valence-corrected chi connectivity index (χ0v) is 14.0. The molecule has 0 saturated carbocycles. The SMILES string of the molecule is CC(C)SCCCCCCOc1cccc2ccccc12. The second-order valence-electron chi connectivity index (χ2n) is 5.66. The minimum atomic E-state index is 0.764.